The quantitative estimate of drug-likeness (QED) is 0.865. The van der Waals surface area contributed by atoms with Gasteiger partial charge >= 0.3 is 0 Å². The molecule has 0 spiro atoms. The molecule has 2 aromatic rings. The molecule has 24 heavy (non-hydrogen) atoms. The van der Waals surface area contributed by atoms with Gasteiger partial charge in [0.05, 0.1) is 17.7 Å². The molecule has 1 saturated heterocycles. The van der Waals surface area contributed by atoms with Crippen LogP contribution in [0.3, 0.4) is 0 Å². The Morgan fingerprint density at radius 3 is 3.04 bits per heavy atom. The van der Waals surface area contributed by atoms with Crippen molar-refractivity contribution in [3.63, 3.8) is 0 Å². The van der Waals surface area contributed by atoms with Crippen LogP contribution in [-0.4, -0.2) is 66.9 Å². The number of aliphatic hydroxyl groups excluding tert-OH is 1. The van der Waals surface area contributed by atoms with Gasteiger partial charge in [-0.3, -0.25) is 9.20 Å². The van der Waals surface area contributed by atoms with Crippen molar-refractivity contribution < 1.29 is 14.6 Å². The normalized spacial score (nSPS) is 29.9. The summed E-state index contributed by atoms with van der Waals surface area (Å²) in [5, 5.41) is 18.1. The Hall–Kier alpha value is -2.06. The van der Waals surface area contributed by atoms with Crippen molar-refractivity contribution >= 4 is 11.7 Å². The standard InChI is InChI=1S/C16H21N5O3/c1-10-4-7-21-13(18-19-15(21)17-10)14(23)20-8-6-16(24-2)5-3-11(22)9-12(16)20/h4,7,11-12,22H,3,5-6,8-9H2,1-2H3/t11-,12+,16-/m1/s1. The molecule has 1 N–H and O–H groups in total. The maximum atomic E-state index is 13.1. The van der Waals surface area contributed by atoms with Crippen LogP contribution >= 0.6 is 0 Å². The van der Waals surface area contributed by atoms with Crippen LogP contribution in [0, 0.1) is 6.92 Å². The second-order valence-corrected chi connectivity index (χ2v) is 6.72. The Bertz CT molecular complexity index is 791. The van der Waals surface area contributed by atoms with Crippen molar-refractivity contribution in [2.45, 2.75) is 50.4 Å². The van der Waals surface area contributed by atoms with Gasteiger partial charge in [0, 0.05) is 25.5 Å². The fourth-order valence-electron chi connectivity index (χ4n) is 4.07. The summed E-state index contributed by atoms with van der Waals surface area (Å²) < 4.78 is 7.40. The second kappa shape index (κ2) is 5.49. The minimum absolute atomic E-state index is 0.135. The highest BCUT2D eigenvalue weighted by Crippen LogP contribution is 2.42. The lowest BCUT2D eigenvalue weighted by Gasteiger charge is -2.42. The summed E-state index contributed by atoms with van der Waals surface area (Å²) in [6.45, 7) is 2.46. The number of amides is 1. The zero-order valence-corrected chi connectivity index (χ0v) is 13.8. The number of likely N-dealkylation sites (tertiary alicyclic amines) is 1. The molecule has 4 rings (SSSR count). The Balaban J connectivity index is 1.68. The topological polar surface area (TPSA) is 92.9 Å². The number of hydrogen-bond donors (Lipinski definition) is 1. The number of nitrogens with zero attached hydrogens (tertiary/aromatic N) is 5. The van der Waals surface area contributed by atoms with E-state index in [1.807, 2.05) is 13.0 Å². The van der Waals surface area contributed by atoms with Gasteiger partial charge in [0.25, 0.3) is 11.7 Å². The molecule has 8 nitrogen and oxygen atoms in total. The number of ether oxygens (including phenoxy) is 1. The zero-order chi connectivity index (χ0) is 16.9. The molecule has 1 amide bonds. The smallest absolute Gasteiger partial charge is 0.292 e. The number of methoxy groups -OCH3 is 1. The third-order valence-electron chi connectivity index (χ3n) is 5.43. The Morgan fingerprint density at radius 2 is 2.25 bits per heavy atom. The highest BCUT2D eigenvalue weighted by atomic mass is 16.5. The van der Waals surface area contributed by atoms with Crippen LogP contribution in [0.25, 0.3) is 5.78 Å². The lowest BCUT2D eigenvalue weighted by molar-refractivity contribution is -0.0825. The predicted octanol–water partition coefficient (Wildman–Crippen LogP) is 0.577. The lowest BCUT2D eigenvalue weighted by Crippen LogP contribution is -2.53. The maximum absolute atomic E-state index is 13.1. The third kappa shape index (κ3) is 2.21. The minimum atomic E-state index is -0.397. The predicted molar refractivity (Wildman–Crippen MR) is 84.6 cm³/mol. The van der Waals surface area contributed by atoms with Gasteiger partial charge in [-0.2, -0.15) is 0 Å². The van der Waals surface area contributed by atoms with E-state index in [0.29, 0.717) is 25.2 Å². The first-order chi connectivity index (χ1) is 11.5. The molecule has 2 aromatic heterocycles. The van der Waals surface area contributed by atoms with Gasteiger partial charge < -0.3 is 14.7 Å². The fourth-order valence-corrected chi connectivity index (χ4v) is 4.07. The van der Waals surface area contributed by atoms with E-state index in [2.05, 4.69) is 15.2 Å². The van der Waals surface area contributed by atoms with Crippen LogP contribution in [0.2, 0.25) is 0 Å². The van der Waals surface area contributed by atoms with Crippen molar-refractivity contribution in [3.05, 3.63) is 23.8 Å². The summed E-state index contributed by atoms with van der Waals surface area (Å²) in [4.78, 5) is 19.1. The highest BCUT2D eigenvalue weighted by Gasteiger charge is 2.52. The summed E-state index contributed by atoms with van der Waals surface area (Å²) in [5.74, 6) is 0.481. The number of aliphatic hydroxyl groups is 1. The van der Waals surface area contributed by atoms with Gasteiger partial charge in [-0.15, -0.1) is 10.2 Å². The van der Waals surface area contributed by atoms with Crippen molar-refractivity contribution in [1.82, 2.24) is 24.5 Å². The van der Waals surface area contributed by atoms with E-state index in [1.165, 1.54) is 0 Å². The third-order valence-corrected chi connectivity index (χ3v) is 5.43. The Kier molecular flexibility index (Phi) is 3.54. The first-order valence-corrected chi connectivity index (χ1v) is 8.27. The summed E-state index contributed by atoms with van der Waals surface area (Å²) in [7, 11) is 1.69. The Morgan fingerprint density at radius 1 is 1.42 bits per heavy atom. The highest BCUT2D eigenvalue weighted by molar-refractivity contribution is 5.92. The molecule has 2 fully saturated rings. The van der Waals surface area contributed by atoms with Crippen LogP contribution < -0.4 is 0 Å². The number of carbonyl (C=O) groups excluding carboxylic acids is 1. The van der Waals surface area contributed by atoms with E-state index >= 15 is 0 Å². The van der Waals surface area contributed by atoms with E-state index in [1.54, 1.807) is 22.6 Å². The molecule has 3 atom stereocenters. The maximum Gasteiger partial charge on any atom is 0.292 e. The number of rotatable bonds is 2. The van der Waals surface area contributed by atoms with E-state index in [-0.39, 0.29) is 23.4 Å². The number of hydrogen-bond acceptors (Lipinski definition) is 6. The molecule has 2 aliphatic rings. The molecule has 128 valence electrons. The monoisotopic (exact) mass is 331 g/mol. The average molecular weight is 331 g/mol. The van der Waals surface area contributed by atoms with Gasteiger partial charge in [-0.05, 0) is 38.7 Å². The van der Waals surface area contributed by atoms with Gasteiger partial charge in [-0.1, -0.05) is 0 Å². The first kappa shape index (κ1) is 15.5. The van der Waals surface area contributed by atoms with Crippen LogP contribution in [0.15, 0.2) is 12.3 Å². The van der Waals surface area contributed by atoms with Crippen molar-refractivity contribution in [2.24, 2.45) is 0 Å². The average Bonchev–Trinajstić information content (AvgIpc) is 3.15. The van der Waals surface area contributed by atoms with Crippen molar-refractivity contribution in [3.8, 4) is 0 Å². The molecule has 3 heterocycles. The molecule has 1 aliphatic carbocycles. The molecule has 0 radical (unpaired) electrons. The summed E-state index contributed by atoms with van der Waals surface area (Å²) in [6, 6.07) is 1.69. The second-order valence-electron chi connectivity index (χ2n) is 6.72. The molecule has 1 saturated carbocycles. The molecular weight excluding hydrogens is 310 g/mol. The molecule has 0 bridgehead atoms. The number of carbonyl (C=O) groups is 1. The van der Waals surface area contributed by atoms with Crippen molar-refractivity contribution in [1.29, 1.82) is 0 Å². The van der Waals surface area contributed by atoms with Crippen LogP contribution in [-0.2, 0) is 4.74 Å². The lowest BCUT2D eigenvalue weighted by atomic mass is 9.79. The molecule has 0 unspecified atom stereocenters. The molecule has 0 aromatic carbocycles. The van der Waals surface area contributed by atoms with Crippen LogP contribution in [0.1, 0.15) is 42.0 Å². The zero-order valence-electron chi connectivity index (χ0n) is 13.8. The number of fused-ring (bicyclic) bond motifs is 2. The van der Waals surface area contributed by atoms with Crippen LogP contribution in [0.4, 0.5) is 0 Å². The van der Waals surface area contributed by atoms with Gasteiger partial charge in [0.2, 0.25) is 5.82 Å². The number of aryl methyl sites for hydroxylation is 1. The summed E-state index contributed by atoms with van der Waals surface area (Å²) >= 11 is 0. The largest absolute Gasteiger partial charge is 0.393 e. The van der Waals surface area contributed by atoms with E-state index in [0.717, 1.165) is 18.5 Å². The van der Waals surface area contributed by atoms with Crippen LogP contribution in [0.5, 0.6) is 0 Å². The SMILES string of the molecule is CO[C@@]12CC[C@@H](O)C[C@@H]1N(C(=O)c1nnc3nc(C)ccn13)CC2. The first-order valence-electron chi connectivity index (χ1n) is 8.27. The summed E-state index contributed by atoms with van der Waals surface area (Å²) in [6.07, 6.45) is 4.16. The van der Waals surface area contributed by atoms with Gasteiger partial charge in [-0.25, -0.2) is 4.98 Å². The van der Waals surface area contributed by atoms with Gasteiger partial charge in [0.1, 0.15) is 0 Å². The minimum Gasteiger partial charge on any atom is -0.393 e. The van der Waals surface area contributed by atoms with Gasteiger partial charge in [0.15, 0.2) is 0 Å². The van der Waals surface area contributed by atoms with Crippen molar-refractivity contribution in [2.75, 3.05) is 13.7 Å². The summed E-state index contributed by atoms with van der Waals surface area (Å²) in [5.41, 5.74) is 0.466. The van der Waals surface area contributed by atoms with E-state index < -0.39 is 6.10 Å². The fraction of sp³-hybridized carbons (Fsp3) is 0.625. The molecule has 8 heteroatoms. The van der Waals surface area contributed by atoms with E-state index in [9.17, 15) is 9.90 Å². The molecule has 1 aliphatic heterocycles. The Labute approximate surface area is 139 Å². The molecular formula is C16H21N5O3. The number of aromatic nitrogens is 4. The van der Waals surface area contributed by atoms with E-state index in [4.69, 9.17) is 4.74 Å².